The summed E-state index contributed by atoms with van der Waals surface area (Å²) in [7, 11) is 1.81. The van der Waals surface area contributed by atoms with Gasteiger partial charge >= 0.3 is 0 Å². The van der Waals surface area contributed by atoms with E-state index in [1.807, 2.05) is 13.0 Å². The van der Waals surface area contributed by atoms with E-state index in [9.17, 15) is 4.79 Å². The Morgan fingerprint density at radius 3 is 2.53 bits per heavy atom. The molecule has 1 amide bonds. The minimum Gasteiger partial charge on any atom is -0.350 e. The van der Waals surface area contributed by atoms with Crippen molar-refractivity contribution in [3.63, 3.8) is 0 Å². The Kier molecular flexibility index (Phi) is 6.55. The summed E-state index contributed by atoms with van der Waals surface area (Å²) >= 11 is 3.67. The van der Waals surface area contributed by atoms with E-state index >= 15 is 0 Å². The fourth-order valence-corrected chi connectivity index (χ4v) is 3.07. The second kappa shape index (κ2) is 7.68. The van der Waals surface area contributed by atoms with E-state index in [0.29, 0.717) is 23.0 Å². The van der Waals surface area contributed by atoms with Gasteiger partial charge in [0.25, 0.3) is 5.91 Å². The summed E-state index contributed by atoms with van der Waals surface area (Å²) in [6, 6.07) is 1.86. The minimum atomic E-state index is -0.0508. The number of carbonyl (C=O) groups excluding carboxylic acids is 1. The molecule has 0 spiro atoms. The molecule has 0 aromatic carbocycles. The molecule has 0 bridgehead atoms. The second-order valence-corrected chi connectivity index (χ2v) is 5.98. The van der Waals surface area contributed by atoms with Gasteiger partial charge in [-0.25, -0.2) is 0 Å². The van der Waals surface area contributed by atoms with Gasteiger partial charge in [-0.2, -0.15) is 5.10 Å². The lowest BCUT2D eigenvalue weighted by Crippen LogP contribution is -2.33. The van der Waals surface area contributed by atoms with E-state index in [0.717, 1.165) is 25.0 Å². The van der Waals surface area contributed by atoms with Gasteiger partial charge in [-0.1, -0.05) is 49.5 Å². The third kappa shape index (κ3) is 4.34. The molecule has 1 N–H and O–H groups in total. The molecule has 1 atom stereocenters. The molecule has 19 heavy (non-hydrogen) atoms. The number of aromatic nitrogens is 2. The molecular weight excluding hydrogens is 306 g/mol. The Bertz CT molecular complexity index is 413. The predicted octanol–water partition coefficient (Wildman–Crippen LogP) is 2.91. The van der Waals surface area contributed by atoms with Crippen molar-refractivity contribution in [1.82, 2.24) is 15.1 Å². The standard InChI is InChI=1S/C14H24BrN3O/c1-5-10(6-2)12(15)9-16-14(19)13-8-11(7-3)17-18(13)4/h8,10,12H,5-7,9H2,1-4H3,(H,16,19). The zero-order chi connectivity index (χ0) is 14.4. The van der Waals surface area contributed by atoms with Gasteiger partial charge in [-0.05, 0) is 18.4 Å². The molecule has 0 aliphatic heterocycles. The van der Waals surface area contributed by atoms with Crippen molar-refractivity contribution in [1.29, 1.82) is 0 Å². The maximum atomic E-state index is 12.1. The zero-order valence-electron chi connectivity index (χ0n) is 12.2. The second-order valence-electron chi connectivity index (χ2n) is 4.80. The maximum Gasteiger partial charge on any atom is 0.269 e. The minimum absolute atomic E-state index is 0.0508. The summed E-state index contributed by atoms with van der Waals surface area (Å²) in [5.74, 6) is 0.545. The van der Waals surface area contributed by atoms with E-state index in [4.69, 9.17) is 0 Å². The smallest absolute Gasteiger partial charge is 0.269 e. The van der Waals surface area contributed by atoms with Crippen LogP contribution in [0, 0.1) is 5.92 Å². The summed E-state index contributed by atoms with van der Waals surface area (Å²) < 4.78 is 1.65. The van der Waals surface area contributed by atoms with Crippen molar-refractivity contribution in [2.45, 2.75) is 44.9 Å². The van der Waals surface area contributed by atoms with Gasteiger partial charge in [0.2, 0.25) is 0 Å². The average Bonchev–Trinajstić information content (AvgIpc) is 2.78. The van der Waals surface area contributed by atoms with Crippen LogP contribution in [0.1, 0.15) is 49.8 Å². The van der Waals surface area contributed by atoms with Crippen molar-refractivity contribution in [3.05, 3.63) is 17.5 Å². The summed E-state index contributed by atoms with van der Waals surface area (Å²) in [5, 5.41) is 7.27. The molecule has 0 fully saturated rings. The number of hydrogen-bond donors (Lipinski definition) is 1. The van der Waals surface area contributed by atoms with E-state index < -0.39 is 0 Å². The molecule has 108 valence electrons. The molecule has 4 nitrogen and oxygen atoms in total. The van der Waals surface area contributed by atoms with Gasteiger partial charge in [0.15, 0.2) is 0 Å². The summed E-state index contributed by atoms with van der Waals surface area (Å²) in [5.41, 5.74) is 1.57. The van der Waals surface area contributed by atoms with Crippen LogP contribution in [-0.2, 0) is 13.5 Å². The number of hydrogen-bond acceptors (Lipinski definition) is 2. The van der Waals surface area contributed by atoms with Crippen molar-refractivity contribution >= 4 is 21.8 Å². The Labute approximate surface area is 124 Å². The lowest BCUT2D eigenvalue weighted by molar-refractivity contribution is 0.0942. The number of alkyl halides is 1. The molecular formula is C14H24BrN3O. The van der Waals surface area contributed by atoms with E-state index in [1.54, 1.807) is 11.7 Å². The molecule has 1 aromatic heterocycles. The molecule has 0 aliphatic rings. The highest BCUT2D eigenvalue weighted by Crippen LogP contribution is 2.19. The summed E-state index contributed by atoms with van der Waals surface area (Å²) in [4.78, 5) is 12.4. The number of aryl methyl sites for hydroxylation is 2. The molecule has 1 heterocycles. The zero-order valence-corrected chi connectivity index (χ0v) is 13.8. The van der Waals surface area contributed by atoms with Crippen LogP contribution in [0.2, 0.25) is 0 Å². The van der Waals surface area contributed by atoms with Crippen molar-refractivity contribution in [2.75, 3.05) is 6.54 Å². The van der Waals surface area contributed by atoms with Gasteiger partial charge in [-0.3, -0.25) is 9.48 Å². The number of carbonyl (C=O) groups is 1. The van der Waals surface area contributed by atoms with Crippen molar-refractivity contribution in [3.8, 4) is 0 Å². The number of nitrogens with zero attached hydrogens (tertiary/aromatic N) is 2. The van der Waals surface area contributed by atoms with Crippen LogP contribution in [-0.4, -0.2) is 27.1 Å². The normalized spacial score (nSPS) is 12.7. The van der Waals surface area contributed by atoms with Crippen LogP contribution in [0.25, 0.3) is 0 Å². The van der Waals surface area contributed by atoms with Crippen LogP contribution in [0.4, 0.5) is 0 Å². The Morgan fingerprint density at radius 2 is 2.05 bits per heavy atom. The van der Waals surface area contributed by atoms with E-state index in [1.165, 1.54) is 0 Å². The molecule has 1 aromatic rings. The van der Waals surface area contributed by atoms with E-state index in [-0.39, 0.29) is 5.91 Å². The number of amides is 1. The topological polar surface area (TPSA) is 46.9 Å². The molecule has 0 saturated carbocycles. The first-order valence-electron chi connectivity index (χ1n) is 6.98. The number of halogens is 1. The van der Waals surface area contributed by atoms with Crippen LogP contribution < -0.4 is 5.32 Å². The molecule has 1 rings (SSSR count). The van der Waals surface area contributed by atoms with Crippen molar-refractivity contribution in [2.24, 2.45) is 13.0 Å². The third-order valence-corrected chi connectivity index (χ3v) is 4.61. The summed E-state index contributed by atoms with van der Waals surface area (Å²) in [6.07, 6.45) is 3.08. The van der Waals surface area contributed by atoms with Crippen molar-refractivity contribution < 1.29 is 4.79 Å². The van der Waals surface area contributed by atoms with Gasteiger partial charge in [-0.15, -0.1) is 0 Å². The lowest BCUT2D eigenvalue weighted by atomic mass is 9.99. The predicted molar refractivity (Wildman–Crippen MR) is 81.7 cm³/mol. The van der Waals surface area contributed by atoms with E-state index in [2.05, 4.69) is 40.2 Å². The lowest BCUT2D eigenvalue weighted by Gasteiger charge is -2.19. The molecule has 5 heteroatoms. The number of rotatable bonds is 7. The highest BCUT2D eigenvalue weighted by molar-refractivity contribution is 9.09. The Balaban J connectivity index is 2.57. The first-order chi connectivity index (χ1) is 9.03. The monoisotopic (exact) mass is 329 g/mol. The third-order valence-electron chi connectivity index (χ3n) is 3.54. The Hall–Kier alpha value is -0.840. The van der Waals surface area contributed by atoms with Gasteiger partial charge in [0.1, 0.15) is 5.69 Å². The Morgan fingerprint density at radius 1 is 1.42 bits per heavy atom. The maximum absolute atomic E-state index is 12.1. The largest absolute Gasteiger partial charge is 0.350 e. The fourth-order valence-electron chi connectivity index (χ4n) is 2.16. The molecule has 0 saturated heterocycles. The molecule has 1 unspecified atom stereocenters. The SMILES string of the molecule is CCc1cc(C(=O)NCC(Br)C(CC)CC)n(C)n1. The van der Waals surface area contributed by atoms with Crippen LogP contribution in [0.5, 0.6) is 0 Å². The number of nitrogens with one attached hydrogen (secondary N) is 1. The summed E-state index contributed by atoms with van der Waals surface area (Å²) in [6.45, 7) is 7.04. The first-order valence-corrected chi connectivity index (χ1v) is 7.90. The molecule has 0 radical (unpaired) electrons. The average molecular weight is 330 g/mol. The van der Waals surface area contributed by atoms with Gasteiger partial charge in [0.05, 0.1) is 5.69 Å². The molecule has 0 aliphatic carbocycles. The first kappa shape index (κ1) is 16.2. The van der Waals surface area contributed by atoms with Gasteiger partial charge < -0.3 is 5.32 Å². The fraction of sp³-hybridized carbons (Fsp3) is 0.714. The van der Waals surface area contributed by atoms with Gasteiger partial charge in [0, 0.05) is 18.4 Å². The quantitative estimate of drug-likeness (QED) is 0.782. The van der Waals surface area contributed by atoms with Crippen LogP contribution in [0.3, 0.4) is 0 Å². The van der Waals surface area contributed by atoms with Crippen LogP contribution >= 0.6 is 15.9 Å². The highest BCUT2D eigenvalue weighted by atomic mass is 79.9. The highest BCUT2D eigenvalue weighted by Gasteiger charge is 2.18. The van der Waals surface area contributed by atoms with Crippen LogP contribution in [0.15, 0.2) is 6.07 Å².